The smallest absolute Gasteiger partial charge is 0.146 e. The number of hydrogen-bond donors (Lipinski definition) is 0. The summed E-state index contributed by atoms with van der Waals surface area (Å²) >= 11 is 1.72. The Labute approximate surface area is 94.1 Å². The molecule has 1 aromatic heterocycles. The zero-order valence-corrected chi connectivity index (χ0v) is 9.85. The summed E-state index contributed by atoms with van der Waals surface area (Å²) in [5.74, 6) is 0.368. The quantitative estimate of drug-likeness (QED) is 0.786. The summed E-state index contributed by atoms with van der Waals surface area (Å²) in [5.41, 5.74) is 1.12. The van der Waals surface area contributed by atoms with Crippen LogP contribution in [0.25, 0.3) is 0 Å². The number of aromatic nitrogens is 1. The van der Waals surface area contributed by atoms with Crippen LogP contribution in [0.4, 0.5) is 0 Å². The van der Waals surface area contributed by atoms with Gasteiger partial charge in [-0.05, 0) is 19.4 Å². The standard InChI is InChI=1S/C11H16N2OS/c1-2-11-12-9(8-15-11)6-13-5-3-4-10(14)7-13/h8H,2-7H2,1H3. The van der Waals surface area contributed by atoms with Gasteiger partial charge in [0.15, 0.2) is 0 Å². The monoisotopic (exact) mass is 224 g/mol. The zero-order valence-electron chi connectivity index (χ0n) is 9.03. The normalized spacial score (nSPS) is 18.3. The summed E-state index contributed by atoms with van der Waals surface area (Å²) < 4.78 is 0. The van der Waals surface area contributed by atoms with Gasteiger partial charge in [0, 0.05) is 18.3 Å². The topological polar surface area (TPSA) is 33.2 Å². The maximum atomic E-state index is 11.3. The fourth-order valence-electron chi connectivity index (χ4n) is 1.86. The van der Waals surface area contributed by atoms with Crippen LogP contribution in [0.3, 0.4) is 0 Å². The second-order valence-corrected chi connectivity index (χ2v) is 4.88. The van der Waals surface area contributed by atoms with Gasteiger partial charge in [-0.3, -0.25) is 9.69 Å². The number of carbonyl (C=O) groups is 1. The van der Waals surface area contributed by atoms with E-state index in [1.807, 2.05) is 0 Å². The molecule has 0 atom stereocenters. The highest BCUT2D eigenvalue weighted by Crippen LogP contribution is 2.14. The fraction of sp³-hybridized carbons (Fsp3) is 0.636. The van der Waals surface area contributed by atoms with Crippen LogP contribution >= 0.6 is 11.3 Å². The molecular weight excluding hydrogens is 208 g/mol. The van der Waals surface area contributed by atoms with Crippen LogP contribution in [0.1, 0.15) is 30.5 Å². The van der Waals surface area contributed by atoms with Gasteiger partial charge in [0.05, 0.1) is 17.2 Å². The zero-order chi connectivity index (χ0) is 10.7. The van der Waals surface area contributed by atoms with Crippen LogP contribution in [-0.2, 0) is 17.8 Å². The Morgan fingerprint density at radius 2 is 2.47 bits per heavy atom. The molecule has 0 spiro atoms. The van der Waals surface area contributed by atoms with Gasteiger partial charge >= 0.3 is 0 Å². The first-order chi connectivity index (χ1) is 7.28. The molecule has 0 aromatic carbocycles. The van der Waals surface area contributed by atoms with Gasteiger partial charge in [0.25, 0.3) is 0 Å². The highest BCUT2D eigenvalue weighted by molar-refractivity contribution is 7.09. The largest absolute Gasteiger partial charge is 0.298 e. The average molecular weight is 224 g/mol. The first-order valence-electron chi connectivity index (χ1n) is 5.45. The second-order valence-electron chi connectivity index (χ2n) is 3.94. The Hall–Kier alpha value is -0.740. The van der Waals surface area contributed by atoms with Gasteiger partial charge in [-0.2, -0.15) is 0 Å². The van der Waals surface area contributed by atoms with Crippen molar-refractivity contribution in [3.05, 3.63) is 16.1 Å². The predicted octanol–water partition coefficient (Wildman–Crippen LogP) is 1.87. The summed E-state index contributed by atoms with van der Waals surface area (Å²) in [5, 5.41) is 3.30. The minimum absolute atomic E-state index is 0.368. The maximum absolute atomic E-state index is 11.3. The van der Waals surface area contributed by atoms with Crippen LogP contribution in [0, 0.1) is 0 Å². The molecule has 2 rings (SSSR count). The Kier molecular flexibility index (Phi) is 3.49. The Morgan fingerprint density at radius 1 is 1.60 bits per heavy atom. The Balaban J connectivity index is 1.93. The van der Waals surface area contributed by atoms with E-state index < -0.39 is 0 Å². The van der Waals surface area contributed by atoms with Crippen molar-refractivity contribution in [2.24, 2.45) is 0 Å². The summed E-state index contributed by atoms with van der Waals surface area (Å²) in [7, 11) is 0. The minimum Gasteiger partial charge on any atom is -0.298 e. The molecule has 0 aliphatic carbocycles. The van der Waals surface area contributed by atoms with Gasteiger partial charge in [-0.15, -0.1) is 11.3 Å². The molecule has 4 heteroatoms. The summed E-state index contributed by atoms with van der Waals surface area (Å²) in [6.07, 6.45) is 2.76. The lowest BCUT2D eigenvalue weighted by Gasteiger charge is -2.24. The molecule has 1 saturated heterocycles. The van der Waals surface area contributed by atoms with Gasteiger partial charge < -0.3 is 0 Å². The number of ketones is 1. The van der Waals surface area contributed by atoms with Crippen molar-refractivity contribution >= 4 is 17.1 Å². The third-order valence-corrected chi connectivity index (χ3v) is 3.66. The van der Waals surface area contributed by atoms with Crippen molar-refractivity contribution in [3.8, 4) is 0 Å². The van der Waals surface area contributed by atoms with Crippen molar-refractivity contribution in [2.45, 2.75) is 32.7 Å². The van der Waals surface area contributed by atoms with Crippen molar-refractivity contribution in [1.29, 1.82) is 0 Å². The first kappa shape index (κ1) is 10.8. The van der Waals surface area contributed by atoms with E-state index >= 15 is 0 Å². The molecule has 3 nitrogen and oxygen atoms in total. The number of Topliss-reactive ketones (excluding diaryl/α,β-unsaturated/α-hetero) is 1. The van der Waals surface area contributed by atoms with Gasteiger partial charge in [-0.25, -0.2) is 4.98 Å². The lowest BCUT2D eigenvalue weighted by molar-refractivity contribution is -0.122. The van der Waals surface area contributed by atoms with E-state index in [0.29, 0.717) is 12.3 Å². The number of thiazole rings is 1. The molecule has 0 N–H and O–H groups in total. The third-order valence-electron chi connectivity index (χ3n) is 2.62. The third kappa shape index (κ3) is 2.86. The molecule has 1 aromatic rings. The van der Waals surface area contributed by atoms with Gasteiger partial charge in [0.1, 0.15) is 5.78 Å². The number of likely N-dealkylation sites (tertiary alicyclic amines) is 1. The Bertz CT molecular complexity index is 348. The van der Waals surface area contributed by atoms with Gasteiger partial charge in [-0.1, -0.05) is 6.92 Å². The van der Waals surface area contributed by atoms with Crippen molar-refractivity contribution in [3.63, 3.8) is 0 Å². The van der Waals surface area contributed by atoms with E-state index in [2.05, 4.69) is 22.2 Å². The van der Waals surface area contributed by atoms with Crippen LogP contribution in [0.2, 0.25) is 0 Å². The molecule has 1 aliphatic heterocycles. The average Bonchev–Trinajstić information content (AvgIpc) is 2.65. The molecule has 0 radical (unpaired) electrons. The SMILES string of the molecule is CCc1nc(CN2CCCC(=O)C2)cs1. The van der Waals surface area contributed by atoms with Crippen LogP contribution in [-0.4, -0.2) is 28.8 Å². The van der Waals surface area contributed by atoms with Crippen molar-refractivity contribution in [1.82, 2.24) is 9.88 Å². The predicted molar refractivity (Wildman–Crippen MR) is 61.0 cm³/mol. The molecule has 2 heterocycles. The number of aryl methyl sites for hydroxylation is 1. The van der Waals surface area contributed by atoms with Crippen LogP contribution in [0.15, 0.2) is 5.38 Å². The van der Waals surface area contributed by atoms with Crippen LogP contribution < -0.4 is 0 Å². The summed E-state index contributed by atoms with van der Waals surface area (Å²) in [6, 6.07) is 0. The van der Waals surface area contributed by atoms with E-state index in [-0.39, 0.29) is 0 Å². The second kappa shape index (κ2) is 4.86. The molecule has 1 aliphatic rings. The molecule has 1 fully saturated rings. The maximum Gasteiger partial charge on any atom is 0.146 e. The number of piperidine rings is 1. The molecule has 0 unspecified atom stereocenters. The van der Waals surface area contributed by atoms with E-state index in [1.54, 1.807) is 11.3 Å². The van der Waals surface area contributed by atoms with E-state index in [0.717, 1.165) is 38.0 Å². The molecule has 0 amide bonds. The van der Waals surface area contributed by atoms with E-state index in [9.17, 15) is 4.79 Å². The number of hydrogen-bond acceptors (Lipinski definition) is 4. The molecule has 82 valence electrons. The van der Waals surface area contributed by atoms with Crippen molar-refractivity contribution in [2.75, 3.05) is 13.1 Å². The molecule has 0 saturated carbocycles. The summed E-state index contributed by atoms with van der Waals surface area (Å²) in [4.78, 5) is 18.0. The number of rotatable bonds is 3. The Morgan fingerprint density at radius 3 is 3.13 bits per heavy atom. The number of carbonyl (C=O) groups excluding carboxylic acids is 1. The molecular formula is C11H16N2OS. The first-order valence-corrected chi connectivity index (χ1v) is 6.33. The molecule has 15 heavy (non-hydrogen) atoms. The van der Waals surface area contributed by atoms with Gasteiger partial charge in [0.2, 0.25) is 0 Å². The highest BCUT2D eigenvalue weighted by Gasteiger charge is 2.17. The lowest BCUT2D eigenvalue weighted by Crippen LogP contribution is -2.35. The molecule has 0 bridgehead atoms. The lowest BCUT2D eigenvalue weighted by atomic mass is 10.1. The number of nitrogens with zero attached hydrogens (tertiary/aromatic N) is 2. The minimum atomic E-state index is 0.368. The highest BCUT2D eigenvalue weighted by atomic mass is 32.1. The van der Waals surface area contributed by atoms with E-state index in [4.69, 9.17) is 0 Å². The fourth-order valence-corrected chi connectivity index (χ4v) is 2.59. The summed E-state index contributed by atoms with van der Waals surface area (Å²) in [6.45, 7) is 4.60. The van der Waals surface area contributed by atoms with Crippen molar-refractivity contribution < 1.29 is 4.79 Å². The van der Waals surface area contributed by atoms with E-state index in [1.165, 1.54) is 5.01 Å². The van der Waals surface area contributed by atoms with Crippen LogP contribution in [0.5, 0.6) is 0 Å².